The summed E-state index contributed by atoms with van der Waals surface area (Å²) in [5, 5.41) is 3.37. The molecule has 90 valence electrons. The smallest absolute Gasteiger partial charge is 0.123 e. The molecule has 0 atom stereocenters. The van der Waals surface area contributed by atoms with Crippen LogP contribution in [0, 0.1) is 0 Å². The first-order chi connectivity index (χ1) is 7.53. The summed E-state index contributed by atoms with van der Waals surface area (Å²) >= 11 is 0. The first kappa shape index (κ1) is 13.0. The molecule has 1 rings (SSSR count). The molecule has 0 aliphatic rings. The Bertz CT molecular complexity index is 318. The van der Waals surface area contributed by atoms with Gasteiger partial charge in [-0.15, -0.1) is 0 Å². The van der Waals surface area contributed by atoms with E-state index in [2.05, 4.69) is 11.4 Å². The topological polar surface area (TPSA) is 47.3 Å². The summed E-state index contributed by atoms with van der Waals surface area (Å²) in [5.41, 5.74) is 6.98. The quantitative estimate of drug-likeness (QED) is 0.723. The second-order valence-electron chi connectivity index (χ2n) is 4.73. The molecule has 0 aromatic heterocycles. The van der Waals surface area contributed by atoms with E-state index >= 15 is 0 Å². The third kappa shape index (κ3) is 4.64. The number of nitrogens with one attached hydrogen (secondary N) is 1. The zero-order valence-electron chi connectivity index (χ0n) is 10.4. The van der Waals surface area contributed by atoms with Crippen molar-refractivity contribution in [3.05, 3.63) is 29.8 Å². The molecule has 0 heterocycles. The number of hydrogen-bond donors (Lipinski definition) is 2. The number of rotatable bonds is 6. The number of hydrogen-bond acceptors (Lipinski definition) is 3. The SMILES string of the molecule is COc1ccccc1CNCCC(C)(C)N. The second kappa shape index (κ2) is 5.87. The molecular formula is C13H22N2O. The Balaban J connectivity index is 2.37. The van der Waals surface area contributed by atoms with Gasteiger partial charge in [0.2, 0.25) is 0 Å². The lowest BCUT2D eigenvalue weighted by Crippen LogP contribution is -2.35. The summed E-state index contributed by atoms with van der Waals surface area (Å²) in [5.74, 6) is 0.932. The molecule has 0 aliphatic heterocycles. The molecule has 0 bridgehead atoms. The average molecular weight is 222 g/mol. The summed E-state index contributed by atoms with van der Waals surface area (Å²) in [6, 6.07) is 8.04. The summed E-state index contributed by atoms with van der Waals surface area (Å²) in [6.45, 7) is 5.82. The summed E-state index contributed by atoms with van der Waals surface area (Å²) in [4.78, 5) is 0. The minimum Gasteiger partial charge on any atom is -0.496 e. The standard InChI is InChI=1S/C13H22N2O/c1-13(2,14)8-9-15-10-11-6-4-5-7-12(11)16-3/h4-7,15H,8-10,14H2,1-3H3. The predicted octanol–water partition coefficient (Wildman–Crippen LogP) is 1.91. The van der Waals surface area contributed by atoms with E-state index < -0.39 is 0 Å². The van der Waals surface area contributed by atoms with Gasteiger partial charge in [-0.2, -0.15) is 0 Å². The van der Waals surface area contributed by atoms with Crippen LogP contribution in [0.5, 0.6) is 5.75 Å². The fraction of sp³-hybridized carbons (Fsp3) is 0.538. The lowest BCUT2D eigenvalue weighted by Gasteiger charge is -2.18. The number of benzene rings is 1. The van der Waals surface area contributed by atoms with Gasteiger partial charge in [0.15, 0.2) is 0 Å². The summed E-state index contributed by atoms with van der Waals surface area (Å²) < 4.78 is 5.28. The van der Waals surface area contributed by atoms with Gasteiger partial charge in [0.1, 0.15) is 5.75 Å². The van der Waals surface area contributed by atoms with Crippen molar-refractivity contribution in [3.8, 4) is 5.75 Å². The van der Waals surface area contributed by atoms with Crippen molar-refractivity contribution < 1.29 is 4.74 Å². The van der Waals surface area contributed by atoms with Crippen LogP contribution in [0.1, 0.15) is 25.8 Å². The van der Waals surface area contributed by atoms with Gasteiger partial charge in [-0.05, 0) is 32.9 Å². The molecule has 0 unspecified atom stereocenters. The first-order valence-electron chi connectivity index (χ1n) is 5.64. The van der Waals surface area contributed by atoms with Crippen molar-refractivity contribution in [3.63, 3.8) is 0 Å². The molecular weight excluding hydrogens is 200 g/mol. The minimum atomic E-state index is -0.103. The highest BCUT2D eigenvalue weighted by molar-refractivity contribution is 5.32. The average Bonchev–Trinajstić information content (AvgIpc) is 2.23. The molecule has 0 fully saturated rings. The van der Waals surface area contributed by atoms with Gasteiger partial charge >= 0.3 is 0 Å². The van der Waals surface area contributed by atoms with Crippen molar-refractivity contribution in [1.82, 2.24) is 5.32 Å². The second-order valence-corrected chi connectivity index (χ2v) is 4.73. The van der Waals surface area contributed by atoms with Crippen LogP contribution in [-0.4, -0.2) is 19.2 Å². The molecule has 0 amide bonds. The van der Waals surface area contributed by atoms with Gasteiger partial charge in [0.25, 0.3) is 0 Å². The van der Waals surface area contributed by atoms with Crippen molar-refractivity contribution in [2.24, 2.45) is 5.73 Å². The fourth-order valence-corrected chi connectivity index (χ4v) is 1.48. The Morgan fingerprint density at radius 3 is 2.62 bits per heavy atom. The zero-order valence-corrected chi connectivity index (χ0v) is 10.4. The molecule has 1 aromatic rings. The first-order valence-corrected chi connectivity index (χ1v) is 5.64. The minimum absolute atomic E-state index is 0.103. The third-order valence-corrected chi connectivity index (χ3v) is 2.45. The lowest BCUT2D eigenvalue weighted by atomic mass is 10.0. The van der Waals surface area contributed by atoms with Crippen molar-refractivity contribution in [1.29, 1.82) is 0 Å². The molecule has 3 N–H and O–H groups in total. The van der Waals surface area contributed by atoms with E-state index in [-0.39, 0.29) is 5.54 Å². The number of para-hydroxylation sites is 1. The maximum absolute atomic E-state index is 5.91. The maximum Gasteiger partial charge on any atom is 0.123 e. The molecule has 0 radical (unpaired) electrons. The Morgan fingerprint density at radius 2 is 2.00 bits per heavy atom. The molecule has 1 aromatic carbocycles. The molecule has 0 saturated carbocycles. The van der Waals surface area contributed by atoms with Crippen LogP contribution in [0.25, 0.3) is 0 Å². The third-order valence-electron chi connectivity index (χ3n) is 2.45. The highest BCUT2D eigenvalue weighted by Crippen LogP contribution is 2.16. The van der Waals surface area contributed by atoms with Crippen LogP contribution in [0.2, 0.25) is 0 Å². The van der Waals surface area contributed by atoms with Crippen LogP contribution < -0.4 is 15.8 Å². The largest absolute Gasteiger partial charge is 0.496 e. The highest BCUT2D eigenvalue weighted by atomic mass is 16.5. The van der Waals surface area contributed by atoms with Gasteiger partial charge < -0.3 is 15.8 Å². The molecule has 3 heteroatoms. The van der Waals surface area contributed by atoms with E-state index in [0.717, 1.165) is 25.3 Å². The Kier molecular flexibility index (Phi) is 4.77. The lowest BCUT2D eigenvalue weighted by molar-refractivity contribution is 0.405. The van der Waals surface area contributed by atoms with Crippen LogP contribution in [0.15, 0.2) is 24.3 Å². The fourth-order valence-electron chi connectivity index (χ4n) is 1.48. The number of ether oxygens (including phenoxy) is 1. The van der Waals surface area contributed by atoms with Gasteiger partial charge in [-0.25, -0.2) is 0 Å². The van der Waals surface area contributed by atoms with Gasteiger partial charge in [-0.3, -0.25) is 0 Å². The van der Waals surface area contributed by atoms with Crippen LogP contribution >= 0.6 is 0 Å². The number of methoxy groups -OCH3 is 1. The molecule has 16 heavy (non-hydrogen) atoms. The summed E-state index contributed by atoms with van der Waals surface area (Å²) in [6.07, 6.45) is 0.960. The highest BCUT2D eigenvalue weighted by Gasteiger charge is 2.09. The number of nitrogens with two attached hydrogens (primary N) is 1. The van der Waals surface area contributed by atoms with Gasteiger partial charge in [-0.1, -0.05) is 18.2 Å². The van der Waals surface area contributed by atoms with Crippen LogP contribution in [0.3, 0.4) is 0 Å². The normalized spacial score (nSPS) is 11.5. The van der Waals surface area contributed by atoms with Crippen molar-refractivity contribution in [2.45, 2.75) is 32.4 Å². The molecule has 3 nitrogen and oxygen atoms in total. The Morgan fingerprint density at radius 1 is 1.31 bits per heavy atom. The summed E-state index contributed by atoms with van der Waals surface area (Å²) in [7, 11) is 1.70. The van der Waals surface area contributed by atoms with E-state index in [0.29, 0.717) is 0 Å². The van der Waals surface area contributed by atoms with Crippen LogP contribution in [-0.2, 0) is 6.54 Å². The monoisotopic (exact) mass is 222 g/mol. The van der Waals surface area contributed by atoms with Crippen molar-refractivity contribution >= 4 is 0 Å². The molecule has 0 saturated heterocycles. The van der Waals surface area contributed by atoms with Crippen molar-refractivity contribution in [2.75, 3.05) is 13.7 Å². The van der Waals surface area contributed by atoms with E-state index in [1.807, 2.05) is 32.0 Å². The Hall–Kier alpha value is -1.06. The van der Waals surface area contributed by atoms with E-state index in [1.54, 1.807) is 7.11 Å². The van der Waals surface area contributed by atoms with E-state index in [1.165, 1.54) is 5.56 Å². The van der Waals surface area contributed by atoms with E-state index in [4.69, 9.17) is 10.5 Å². The Labute approximate surface area is 98.0 Å². The van der Waals surface area contributed by atoms with Gasteiger partial charge in [0.05, 0.1) is 7.11 Å². The maximum atomic E-state index is 5.91. The predicted molar refractivity (Wildman–Crippen MR) is 67.6 cm³/mol. The zero-order chi connectivity index (χ0) is 12.0. The molecule has 0 aliphatic carbocycles. The van der Waals surface area contributed by atoms with Gasteiger partial charge in [0, 0.05) is 17.6 Å². The van der Waals surface area contributed by atoms with Crippen LogP contribution in [0.4, 0.5) is 0 Å². The molecule has 0 spiro atoms. The van der Waals surface area contributed by atoms with E-state index in [9.17, 15) is 0 Å².